The van der Waals surface area contributed by atoms with Crippen molar-refractivity contribution in [1.29, 1.82) is 0 Å². The zero-order valence-electron chi connectivity index (χ0n) is 13.8. The Hall–Kier alpha value is -1.92. The lowest BCUT2D eigenvalue weighted by molar-refractivity contribution is -0.151. The molecular weight excluding hydrogens is 298 g/mol. The van der Waals surface area contributed by atoms with E-state index in [1.165, 1.54) is 0 Å². The molecule has 1 aromatic heterocycles. The maximum absolute atomic E-state index is 12.0. The van der Waals surface area contributed by atoms with Gasteiger partial charge >= 0.3 is 5.97 Å². The van der Waals surface area contributed by atoms with Crippen LogP contribution >= 0.6 is 0 Å². The van der Waals surface area contributed by atoms with E-state index in [0.717, 1.165) is 19.3 Å². The SMILES string of the molecule is CC(C)c1noc(CCC(=O)NCC2(C(=O)O)CCCCC2)n1. The zero-order chi connectivity index (χ0) is 16.9. The van der Waals surface area contributed by atoms with Crippen LogP contribution in [0.25, 0.3) is 0 Å². The van der Waals surface area contributed by atoms with Crippen molar-refractivity contribution in [3.8, 4) is 0 Å². The number of carboxylic acid groups (broad SMARTS) is 1. The van der Waals surface area contributed by atoms with Gasteiger partial charge in [0.1, 0.15) is 0 Å². The molecule has 0 saturated heterocycles. The second-order valence-electron chi connectivity index (χ2n) is 6.62. The van der Waals surface area contributed by atoms with E-state index in [0.29, 0.717) is 31.0 Å². The minimum absolute atomic E-state index is 0.180. The number of carboxylic acids is 1. The molecule has 23 heavy (non-hydrogen) atoms. The minimum Gasteiger partial charge on any atom is -0.481 e. The maximum Gasteiger partial charge on any atom is 0.311 e. The Labute approximate surface area is 135 Å². The van der Waals surface area contributed by atoms with Crippen molar-refractivity contribution in [1.82, 2.24) is 15.5 Å². The first-order valence-electron chi connectivity index (χ1n) is 8.25. The smallest absolute Gasteiger partial charge is 0.311 e. The van der Waals surface area contributed by atoms with Crippen LogP contribution in [0, 0.1) is 5.41 Å². The van der Waals surface area contributed by atoms with Crippen molar-refractivity contribution in [3.05, 3.63) is 11.7 Å². The number of amides is 1. The average Bonchev–Trinajstić information content (AvgIpc) is 3.01. The van der Waals surface area contributed by atoms with E-state index in [1.54, 1.807) is 0 Å². The second-order valence-corrected chi connectivity index (χ2v) is 6.62. The first-order valence-corrected chi connectivity index (χ1v) is 8.25. The highest BCUT2D eigenvalue weighted by atomic mass is 16.5. The number of carbonyl (C=O) groups is 2. The molecule has 1 saturated carbocycles. The molecule has 0 bridgehead atoms. The van der Waals surface area contributed by atoms with E-state index in [4.69, 9.17) is 4.52 Å². The van der Waals surface area contributed by atoms with Crippen LogP contribution in [0.5, 0.6) is 0 Å². The van der Waals surface area contributed by atoms with Crippen LogP contribution in [-0.4, -0.2) is 33.7 Å². The van der Waals surface area contributed by atoms with Crippen molar-refractivity contribution in [2.24, 2.45) is 5.41 Å². The molecule has 2 N–H and O–H groups in total. The third-order valence-corrected chi connectivity index (χ3v) is 4.45. The minimum atomic E-state index is -0.809. The summed E-state index contributed by atoms with van der Waals surface area (Å²) >= 11 is 0. The van der Waals surface area contributed by atoms with E-state index in [1.807, 2.05) is 13.8 Å². The summed E-state index contributed by atoms with van der Waals surface area (Å²) in [6.07, 6.45) is 4.72. The first-order chi connectivity index (χ1) is 10.9. The quantitative estimate of drug-likeness (QED) is 0.797. The predicted octanol–water partition coefficient (Wildman–Crippen LogP) is 2.28. The van der Waals surface area contributed by atoms with Gasteiger partial charge in [-0.2, -0.15) is 4.98 Å². The number of carbonyl (C=O) groups excluding carboxylic acids is 1. The number of hydrogen-bond donors (Lipinski definition) is 2. The summed E-state index contributed by atoms with van der Waals surface area (Å²) in [5.41, 5.74) is -0.802. The maximum atomic E-state index is 12.0. The predicted molar refractivity (Wildman–Crippen MR) is 82.9 cm³/mol. The molecule has 1 heterocycles. The highest BCUT2D eigenvalue weighted by Crippen LogP contribution is 2.36. The van der Waals surface area contributed by atoms with Gasteiger partial charge < -0.3 is 14.9 Å². The molecule has 7 nitrogen and oxygen atoms in total. The van der Waals surface area contributed by atoms with Crippen LogP contribution in [0.2, 0.25) is 0 Å². The van der Waals surface area contributed by atoms with E-state index in [-0.39, 0.29) is 24.8 Å². The van der Waals surface area contributed by atoms with Gasteiger partial charge in [0.05, 0.1) is 5.41 Å². The summed E-state index contributed by atoms with van der Waals surface area (Å²) in [6, 6.07) is 0. The molecule has 0 radical (unpaired) electrons. The second kappa shape index (κ2) is 7.57. The van der Waals surface area contributed by atoms with E-state index in [2.05, 4.69) is 15.5 Å². The van der Waals surface area contributed by atoms with Crippen molar-refractivity contribution in [2.45, 2.75) is 64.7 Å². The average molecular weight is 323 g/mol. The molecule has 0 atom stereocenters. The molecule has 1 fully saturated rings. The van der Waals surface area contributed by atoms with Crippen LogP contribution in [0.15, 0.2) is 4.52 Å². The number of nitrogens with zero attached hydrogens (tertiary/aromatic N) is 2. The monoisotopic (exact) mass is 323 g/mol. The molecule has 1 amide bonds. The summed E-state index contributed by atoms with van der Waals surface area (Å²) in [6.45, 7) is 4.13. The highest BCUT2D eigenvalue weighted by molar-refractivity contribution is 5.79. The van der Waals surface area contributed by atoms with Crippen LogP contribution in [0.1, 0.15) is 70.0 Å². The van der Waals surface area contributed by atoms with E-state index >= 15 is 0 Å². The highest BCUT2D eigenvalue weighted by Gasteiger charge is 2.39. The molecule has 1 aliphatic rings. The normalized spacial score (nSPS) is 17.2. The first kappa shape index (κ1) is 17.4. The molecule has 1 aromatic rings. The summed E-state index contributed by atoms with van der Waals surface area (Å²) < 4.78 is 5.09. The summed E-state index contributed by atoms with van der Waals surface area (Å²) in [4.78, 5) is 27.7. The Morgan fingerprint density at radius 2 is 2.00 bits per heavy atom. The van der Waals surface area contributed by atoms with Crippen molar-refractivity contribution in [3.63, 3.8) is 0 Å². The fraction of sp³-hybridized carbons (Fsp3) is 0.750. The van der Waals surface area contributed by atoms with Crippen LogP contribution in [0.3, 0.4) is 0 Å². The number of nitrogens with one attached hydrogen (secondary N) is 1. The summed E-state index contributed by atoms with van der Waals surface area (Å²) in [5.74, 6) is 0.265. The van der Waals surface area contributed by atoms with Crippen molar-refractivity contribution < 1.29 is 19.2 Å². The number of aliphatic carboxylic acids is 1. The molecule has 0 spiro atoms. The number of rotatable bonds is 7. The van der Waals surface area contributed by atoms with Gasteiger partial charge in [0.2, 0.25) is 11.8 Å². The van der Waals surface area contributed by atoms with Gasteiger partial charge in [0.25, 0.3) is 0 Å². The summed E-state index contributed by atoms with van der Waals surface area (Å²) in [7, 11) is 0. The fourth-order valence-corrected chi connectivity index (χ4v) is 2.88. The molecule has 1 aliphatic carbocycles. The van der Waals surface area contributed by atoms with Gasteiger partial charge in [0.15, 0.2) is 5.82 Å². The third-order valence-electron chi connectivity index (χ3n) is 4.45. The molecule has 0 unspecified atom stereocenters. The number of aromatic nitrogens is 2. The van der Waals surface area contributed by atoms with Gasteiger partial charge in [-0.3, -0.25) is 9.59 Å². The number of aryl methyl sites for hydroxylation is 1. The Morgan fingerprint density at radius 3 is 2.57 bits per heavy atom. The lowest BCUT2D eigenvalue weighted by Gasteiger charge is -2.33. The third kappa shape index (κ3) is 4.53. The topological polar surface area (TPSA) is 105 Å². The van der Waals surface area contributed by atoms with Gasteiger partial charge in [0, 0.05) is 25.3 Å². The lowest BCUT2D eigenvalue weighted by atomic mass is 9.74. The van der Waals surface area contributed by atoms with Crippen molar-refractivity contribution in [2.75, 3.05) is 6.54 Å². The molecule has 7 heteroatoms. The standard InChI is InChI=1S/C16H25N3O4/c1-11(2)14-18-13(23-19-14)7-6-12(20)17-10-16(15(21)22)8-4-3-5-9-16/h11H,3-10H2,1-2H3,(H,17,20)(H,21,22). The Kier molecular flexibility index (Phi) is 5.74. The fourth-order valence-electron chi connectivity index (χ4n) is 2.88. The Balaban J connectivity index is 1.80. The van der Waals surface area contributed by atoms with Gasteiger partial charge in [-0.05, 0) is 12.8 Å². The van der Waals surface area contributed by atoms with E-state index in [9.17, 15) is 14.7 Å². The zero-order valence-corrected chi connectivity index (χ0v) is 13.8. The molecule has 2 rings (SSSR count). The van der Waals surface area contributed by atoms with Gasteiger partial charge in [-0.1, -0.05) is 38.3 Å². The van der Waals surface area contributed by atoms with Gasteiger partial charge in [-0.15, -0.1) is 0 Å². The van der Waals surface area contributed by atoms with Crippen LogP contribution in [-0.2, 0) is 16.0 Å². The molecule has 0 aromatic carbocycles. The van der Waals surface area contributed by atoms with Crippen LogP contribution < -0.4 is 5.32 Å². The Bertz CT molecular complexity index is 547. The summed E-state index contributed by atoms with van der Waals surface area (Å²) in [5, 5.41) is 16.1. The van der Waals surface area contributed by atoms with Crippen LogP contribution in [0.4, 0.5) is 0 Å². The molecule has 128 valence electrons. The van der Waals surface area contributed by atoms with Gasteiger partial charge in [-0.25, -0.2) is 0 Å². The van der Waals surface area contributed by atoms with Crippen molar-refractivity contribution >= 4 is 11.9 Å². The number of hydrogen-bond acceptors (Lipinski definition) is 5. The Morgan fingerprint density at radius 1 is 1.30 bits per heavy atom. The molecular formula is C16H25N3O4. The lowest BCUT2D eigenvalue weighted by Crippen LogP contribution is -2.44. The molecule has 0 aliphatic heterocycles. The largest absolute Gasteiger partial charge is 0.481 e. The van der Waals surface area contributed by atoms with E-state index < -0.39 is 11.4 Å².